The third-order valence-corrected chi connectivity index (χ3v) is 3.89. The van der Waals surface area contributed by atoms with Crippen LogP contribution in [0.15, 0.2) is 30.6 Å². The van der Waals surface area contributed by atoms with Gasteiger partial charge in [0.05, 0.1) is 5.75 Å². The lowest BCUT2D eigenvalue weighted by molar-refractivity contribution is 0.600. The van der Waals surface area contributed by atoms with Crippen molar-refractivity contribution in [2.75, 3.05) is 29.6 Å². The van der Waals surface area contributed by atoms with Crippen LogP contribution in [0, 0.1) is 0 Å². The van der Waals surface area contributed by atoms with Crippen molar-refractivity contribution in [1.82, 2.24) is 4.98 Å². The van der Waals surface area contributed by atoms with Gasteiger partial charge in [-0.2, -0.15) is 0 Å². The van der Waals surface area contributed by atoms with Crippen molar-refractivity contribution in [3.05, 3.63) is 30.6 Å². The largest absolute Gasteiger partial charge is 0.398 e. The maximum atomic E-state index is 11.0. The zero-order valence-corrected chi connectivity index (χ0v) is 11.6. The molecule has 1 aromatic carbocycles. The first kappa shape index (κ1) is 13.6. The van der Waals surface area contributed by atoms with Gasteiger partial charge in [-0.1, -0.05) is 0 Å². The first-order chi connectivity index (χ1) is 8.97. The maximum absolute atomic E-state index is 11.0. The molecule has 0 aliphatic rings. The summed E-state index contributed by atoms with van der Waals surface area (Å²) in [5.41, 5.74) is 7.53. The highest BCUT2D eigenvalue weighted by Gasteiger charge is 2.05. The van der Waals surface area contributed by atoms with Crippen molar-refractivity contribution in [2.45, 2.75) is 6.42 Å². The van der Waals surface area contributed by atoms with E-state index < -0.39 is 9.84 Å². The third-order valence-electron chi connectivity index (χ3n) is 2.86. The molecule has 0 aliphatic carbocycles. The fraction of sp³-hybridized carbons (Fsp3) is 0.308. The van der Waals surface area contributed by atoms with Crippen molar-refractivity contribution in [3.63, 3.8) is 0 Å². The van der Waals surface area contributed by atoms with Crippen molar-refractivity contribution < 1.29 is 8.42 Å². The van der Waals surface area contributed by atoms with E-state index in [-0.39, 0.29) is 5.75 Å². The van der Waals surface area contributed by atoms with Gasteiger partial charge < -0.3 is 11.1 Å². The monoisotopic (exact) mass is 279 g/mol. The van der Waals surface area contributed by atoms with E-state index in [1.165, 1.54) is 6.26 Å². The number of hydrogen-bond acceptors (Lipinski definition) is 5. The van der Waals surface area contributed by atoms with Crippen LogP contribution in [0.3, 0.4) is 0 Å². The van der Waals surface area contributed by atoms with E-state index in [2.05, 4.69) is 10.3 Å². The molecule has 0 unspecified atom stereocenters. The van der Waals surface area contributed by atoms with Crippen LogP contribution in [0.4, 0.5) is 11.4 Å². The summed E-state index contributed by atoms with van der Waals surface area (Å²) in [7, 11) is -2.90. The predicted octanol–water partition coefficient (Wildman–Crippen LogP) is 1.66. The number of aromatic nitrogens is 1. The van der Waals surface area contributed by atoms with E-state index in [0.29, 0.717) is 18.7 Å². The highest BCUT2D eigenvalue weighted by Crippen LogP contribution is 2.27. The summed E-state index contributed by atoms with van der Waals surface area (Å²) in [5, 5.41) is 5.12. The van der Waals surface area contributed by atoms with E-state index in [9.17, 15) is 8.42 Å². The average Bonchev–Trinajstić information content (AvgIpc) is 2.36. The SMILES string of the molecule is CS(=O)(=O)CCCNc1ccc(N)c2ccncc12. The van der Waals surface area contributed by atoms with Gasteiger partial charge in [-0.15, -0.1) is 0 Å². The standard InChI is InChI=1S/C13H17N3O2S/c1-19(17,18)8-2-6-16-13-4-3-12(14)10-5-7-15-9-11(10)13/h3-5,7,9,16H,2,6,8,14H2,1H3. The lowest BCUT2D eigenvalue weighted by Crippen LogP contribution is -2.10. The smallest absolute Gasteiger partial charge is 0.147 e. The Morgan fingerprint density at radius 2 is 2.05 bits per heavy atom. The number of pyridine rings is 1. The molecular weight excluding hydrogens is 262 g/mol. The lowest BCUT2D eigenvalue weighted by atomic mass is 10.1. The highest BCUT2D eigenvalue weighted by molar-refractivity contribution is 7.90. The van der Waals surface area contributed by atoms with Gasteiger partial charge in [0.15, 0.2) is 0 Å². The summed E-state index contributed by atoms with van der Waals surface area (Å²) in [6.07, 6.45) is 5.28. The Labute approximate surface area is 112 Å². The average molecular weight is 279 g/mol. The number of nitrogens with one attached hydrogen (secondary N) is 1. The molecule has 0 atom stereocenters. The van der Waals surface area contributed by atoms with E-state index in [0.717, 1.165) is 16.5 Å². The summed E-state index contributed by atoms with van der Waals surface area (Å²) in [6, 6.07) is 5.59. The molecule has 19 heavy (non-hydrogen) atoms. The van der Waals surface area contributed by atoms with Crippen LogP contribution >= 0.6 is 0 Å². The Hall–Kier alpha value is -1.82. The molecule has 0 saturated carbocycles. The second kappa shape index (κ2) is 5.44. The molecule has 2 aromatic rings. The molecule has 0 amide bonds. The molecule has 0 fully saturated rings. The molecule has 0 bridgehead atoms. The number of anilines is 2. The summed E-state index contributed by atoms with van der Waals surface area (Å²) < 4.78 is 22.1. The van der Waals surface area contributed by atoms with Gasteiger partial charge in [-0.25, -0.2) is 8.42 Å². The number of nitrogens with two attached hydrogens (primary N) is 1. The number of hydrogen-bond donors (Lipinski definition) is 2. The summed E-state index contributed by atoms with van der Waals surface area (Å²) in [4.78, 5) is 4.09. The number of fused-ring (bicyclic) bond motifs is 1. The van der Waals surface area contributed by atoms with Gasteiger partial charge in [-0.05, 0) is 24.6 Å². The lowest BCUT2D eigenvalue weighted by Gasteiger charge is -2.10. The summed E-state index contributed by atoms with van der Waals surface area (Å²) in [5.74, 6) is 0.186. The second-order valence-corrected chi connectivity index (χ2v) is 6.79. The van der Waals surface area contributed by atoms with E-state index >= 15 is 0 Å². The second-order valence-electron chi connectivity index (χ2n) is 4.53. The first-order valence-corrected chi connectivity index (χ1v) is 8.07. The fourth-order valence-corrected chi connectivity index (χ4v) is 2.59. The minimum absolute atomic E-state index is 0.186. The molecule has 3 N–H and O–H groups in total. The van der Waals surface area contributed by atoms with Gasteiger partial charge in [-0.3, -0.25) is 4.98 Å². The quantitative estimate of drug-likeness (QED) is 0.642. The Balaban J connectivity index is 2.11. The fourth-order valence-electron chi connectivity index (χ4n) is 1.93. The minimum atomic E-state index is -2.90. The molecule has 0 aliphatic heterocycles. The zero-order chi connectivity index (χ0) is 13.9. The van der Waals surface area contributed by atoms with Gasteiger partial charge in [0.2, 0.25) is 0 Å². The Bertz CT molecular complexity index is 683. The number of sulfone groups is 1. The molecule has 0 radical (unpaired) electrons. The minimum Gasteiger partial charge on any atom is -0.398 e. The molecule has 0 saturated heterocycles. The zero-order valence-electron chi connectivity index (χ0n) is 10.8. The third kappa shape index (κ3) is 3.57. The highest BCUT2D eigenvalue weighted by atomic mass is 32.2. The maximum Gasteiger partial charge on any atom is 0.147 e. The van der Waals surface area contributed by atoms with Crippen LogP contribution in [-0.4, -0.2) is 32.0 Å². The normalized spacial score (nSPS) is 11.6. The van der Waals surface area contributed by atoms with Crippen molar-refractivity contribution in [3.8, 4) is 0 Å². The summed E-state index contributed by atoms with van der Waals surface area (Å²) in [6.45, 7) is 0.598. The molecule has 102 valence electrons. The number of nitrogens with zero attached hydrogens (tertiary/aromatic N) is 1. The van der Waals surface area contributed by atoms with Crippen LogP contribution in [0.1, 0.15) is 6.42 Å². The predicted molar refractivity (Wildman–Crippen MR) is 79.0 cm³/mol. The van der Waals surface area contributed by atoms with E-state index in [1.807, 2.05) is 18.2 Å². The van der Waals surface area contributed by atoms with E-state index in [1.54, 1.807) is 12.4 Å². The van der Waals surface area contributed by atoms with Crippen molar-refractivity contribution in [2.24, 2.45) is 0 Å². The Kier molecular flexibility index (Phi) is 3.90. The molecular formula is C13H17N3O2S. The van der Waals surface area contributed by atoms with Crippen molar-refractivity contribution >= 4 is 32.0 Å². The molecule has 6 heteroatoms. The van der Waals surface area contributed by atoms with Crippen LogP contribution < -0.4 is 11.1 Å². The number of rotatable bonds is 5. The molecule has 0 spiro atoms. The van der Waals surface area contributed by atoms with Crippen LogP contribution in [0.5, 0.6) is 0 Å². The molecule has 5 nitrogen and oxygen atoms in total. The van der Waals surface area contributed by atoms with Crippen LogP contribution in [0.2, 0.25) is 0 Å². The van der Waals surface area contributed by atoms with Gasteiger partial charge in [0.1, 0.15) is 9.84 Å². The Morgan fingerprint density at radius 1 is 1.26 bits per heavy atom. The number of nitrogen functional groups attached to an aromatic ring is 1. The van der Waals surface area contributed by atoms with Gasteiger partial charge in [0.25, 0.3) is 0 Å². The topological polar surface area (TPSA) is 85.1 Å². The van der Waals surface area contributed by atoms with Crippen LogP contribution in [-0.2, 0) is 9.84 Å². The Morgan fingerprint density at radius 3 is 2.79 bits per heavy atom. The molecule has 2 rings (SSSR count). The summed E-state index contributed by atoms with van der Waals surface area (Å²) >= 11 is 0. The molecule has 1 aromatic heterocycles. The first-order valence-electron chi connectivity index (χ1n) is 6.01. The van der Waals surface area contributed by atoms with Crippen LogP contribution in [0.25, 0.3) is 10.8 Å². The van der Waals surface area contributed by atoms with E-state index in [4.69, 9.17) is 5.73 Å². The van der Waals surface area contributed by atoms with Crippen molar-refractivity contribution in [1.29, 1.82) is 0 Å². The molecule has 1 heterocycles. The van der Waals surface area contributed by atoms with Gasteiger partial charge in [0, 0.05) is 47.3 Å². The van der Waals surface area contributed by atoms with Gasteiger partial charge >= 0.3 is 0 Å². The number of benzene rings is 1.